The molecule has 37 heavy (non-hydrogen) atoms. The Balaban J connectivity index is 0.000000458. The summed E-state index contributed by atoms with van der Waals surface area (Å²) in [5.41, 5.74) is 3.66. The predicted molar refractivity (Wildman–Crippen MR) is 147 cm³/mol. The van der Waals surface area contributed by atoms with E-state index in [2.05, 4.69) is 130 Å². The molecule has 3 aromatic carbocycles. The van der Waals surface area contributed by atoms with Crippen molar-refractivity contribution in [1.29, 1.82) is 0 Å². The van der Waals surface area contributed by atoms with Gasteiger partial charge in [0.1, 0.15) is 0 Å². The van der Waals surface area contributed by atoms with E-state index < -0.39 is 22.0 Å². The lowest BCUT2D eigenvalue weighted by Crippen LogP contribution is -2.21. The third-order valence-corrected chi connectivity index (χ3v) is 8.04. The van der Waals surface area contributed by atoms with Gasteiger partial charge in [0.2, 0.25) is 0 Å². The van der Waals surface area contributed by atoms with Crippen molar-refractivity contribution in [2.24, 2.45) is 0 Å². The van der Waals surface area contributed by atoms with E-state index in [0.29, 0.717) is 0 Å². The second-order valence-corrected chi connectivity index (χ2v) is 12.3. The quantitative estimate of drug-likeness (QED) is 0.310. The van der Waals surface area contributed by atoms with Crippen LogP contribution in [0, 0.1) is 0 Å². The summed E-state index contributed by atoms with van der Waals surface area (Å²) in [4.78, 5) is 10.4. The van der Waals surface area contributed by atoms with E-state index in [1.165, 1.54) is 31.7 Å². The molecule has 0 aliphatic rings. The summed E-state index contributed by atoms with van der Waals surface area (Å²) in [6.45, 7) is 0. The third kappa shape index (κ3) is 9.83. The highest BCUT2D eigenvalue weighted by molar-refractivity contribution is 7.97. The van der Waals surface area contributed by atoms with E-state index in [0.717, 1.165) is 0 Å². The van der Waals surface area contributed by atoms with Gasteiger partial charge in [0.25, 0.3) is 10.1 Å². The minimum atomic E-state index is -4.91. The van der Waals surface area contributed by atoms with Gasteiger partial charge in [-0.1, -0.05) is 0 Å². The molecule has 0 aromatic heterocycles. The third-order valence-electron chi connectivity index (χ3n) is 5.11. The summed E-state index contributed by atoms with van der Waals surface area (Å²) in [5, 5.41) is 0. The molecule has 3 rings (SSSR count). The van der Waals surface area contributed by atoms with Crippen LogP contribution in [0.3, 0.4) is 0 Å². The van der Waals surface area contributed by atoms with E-state index >= 15 is 0 Å². The van der Waals surface area contributed by atoms with Crippen molar-refractivity contribution in [3.8, 4) is 0 Å². The highest BCUT2D eigenvalue weighted by atomic mass is 32.2. The zero-order valence-corrected chi connectivity index (χ0v) is 23.3. The van der Waals surface area contributed by atoms with Crippen LogP contribution < -0.4 is 14.7 Å². The molecule has 11 heteroatoms. The fourth-order valence-corrected chi connectivity index (χ4v) is 5.71. The number of benzene rings is 3. The molecule has 1 N–H and O–H groups in total. The normalized spacial score (nSPS) is 11.5. The first-order chi connectivity index (χ1) is 17.1. The van der Waals surface area contributed by atoms with Gasteiger partial charge >= 0.3 is 6.18 Å². The molecule has 0 unspecified atom stereocenters. The summed E-state index contributed by atoms with van der Waals surface area (Å²) in [5.74, 6) is -2.18. The van der Waals surface area contributed by atoms with Gasteiger partial charge in [-0.2, -0.15) is 21.6 Å². The molecule has 6 nitrogen and oxygen atoms in total. The number of nitrogens with zero attached hydrogens (tertiary/aromatic N) is 3. The molecule has 0 fully saturated rings. The first-order valence-corrected chi connectivity index (χ1v) is 14.0. The second kappa shape index (κ2) is 12.6. The van der Waals surface area contributed by atoms with Gasteiger partial charge in [0, 0.05) is 59.3 Å². The number of hydrogen-bond acceptors (Lipinski definition) is 5. The Hall–Kier alpha value is -2.89. The van der Waals surface area contributed by atoms with Crippen LogP contribution in [0.4, 0.5) is 30.2 Å². The van der Waals surface area contributed by atoms with Crippen molar-refractivity contribution < 1.29 is 26.1 Å². The number of halogens is 3. The fourth-order valence-electron chi connectivity index (χ4n) is 3.26. The first kappa shape index (κ1) is 30.3. The maximum absolute atomic E-state index is 11.0. The van der Waals surface area contributed by atoms with E-state index in [1.807, 2.05) is 0 Å². The van der Waals surface area contributed by atoms with E-state index in [-0.39, 0.29) is 10.9 Å². The molecule has 0 aliphatic carbocycles. The van der Waals surface area contributed by atoms with Crippen LogP contribution >= 0.6 is 0 Å². The van der Waals surface area contributed by atoms with Crippen molar-refractivity contribution in [3.05, 3.63) is 72.8 Å². The van der Waals surface area contributed by atoms with E-state index in [9.17, 15) is 21.6 Å². The number of anilines is 3. The first-order valence-electron chi connectivity index (χ1n) is 11.2. The monoisotopic (exact) mass is 556 g/mol. The van der Waals surface area contributed by atoms with Crippen LogP contribution in [0.1, 0.15) is 0 Å². The average Bonchev–Trinajstić information content (AvgIpc) is 2.78. The molecule has 0 saturated carbocycles. The van der Waals surface area contributed by atoms with Gasteiger partial charge in [0.05, 0.1) is 10.9 Å². The minimum absolute atomic E-state index is 0.135. The predicted octanol–water partition coefficient (Wildman–Crippen LogP) is 5.42. The van der Waals surface area contributed by atoms with Crippen molar-refractivity contribution in [3.63, 3.8) is 0 Å². The molecule has 0 atom stereocenters. The van der Waals surface area contributed by atoms with Gasteiger partial charge in [0.15, 0.2) is 20.4 Å². The van der Waals surface area contributed by atoms with Crippen LogP contribution in [0.15, 0.2) is 87.5 Å². The van der Waals surface area contributed by atoms with Crippen LogP contribution in [0.25, 0.3) is 0 Å². The van der Waals surface area contributed by atoms with Gasteiger partial charge in [-0.15, -0.1) is 0 Å². The van der Waals surface area contributed by atoms with Gasteiger partial charge in [-0.3, -0.25) is 4.55 Å². The maximum atomic E-state index is 11.0. The molecule has 0 bridgehead atoms. The largest absolute Gasteiger partial charge is 0.405 e. The van der Waals surface area contributed by atoms with Crippen LogP contribution in [0.5, 0.6) is 0 Å². The van der Waals surface area contributed by atoms with Gasteiger partial charge < -0.3 is 14.7 Å². The number of alkyl halides is 3. The van der Waals surface area contributed by atoms with Crippen LogP contribution in [-0.4, -0.2) is 67.2 Å². The summed E-state index contributed by atoms with van der Waals surface area (Å²) in [6.07, 6.45) is -4.85. The topological polar surface area (TPSA) is 64.1 Å². The van der Waals surface area contributed by atoms with Gasteiger partial charge in [-0.25, -0.2) is 0 Å². The summed E-state index contributed by atoms with van der Waals surface area (Å²) >= 11 is 0. The highest BCUT2D eigenvalue weighted by Gasteiger charge is 2.34. The molecular weight excluding hydrogens is 523 g/mol. The lowest BCUT2D eigenvalue weighted by atomic mass is 10.3. The Bertz CT molecular complexity index is 1110. The molecule has 202 valence electrons. The molecule has 0 amide bonds. The van der Waals surface area contributed by atoms with E-state index in [1.54, 1.807) is 0 Å². The Morgan fingerprint density at radius 2 is 0.865 bits per heavy atom. The highest BCUT2D eigenvalue weighted by Crippen LogP contribution is 2.34. The molecule has 0 aliphatic heterocycles. The minimum Gasteiger partial charge on any atom is -0.378 e. The molecule has 0 radical (unpaired) electrons. The Morgan fingerprint density at radius 3 is 1.00 bits per heavy atom. The number of rotatable bonds is 7. The molecule has 0 spiro atoms. The smallest absolute Gasteiger partial charge is 0.378 e. The zero-order valence-electron chi connectivity index (χ0n) is 21.7. The average molecular weight is 557 g/mol. The van der Waals surface area contributed by atoms with Crippen molar-refractivity contribution in [2.75, 3.05) is 62.7 Å². The SMILES string of the molecule is CN(C)c1ccc([S+](c2ccc(N(C)C)cc2)c2ccc(N(C)C)cc2)cc1.O=S(=O)(O)CC(F)(F)F. The van der Waals surface area contributed by atoms with Crippen molar-refractivity contribution in [1.82, 2.24) is 0 Å². The van der Waals surface area contributed by atoms with Gasteiger partial charge in [-0.05, 0) is 72.8 Å². The lowest BCUT2D eigenvalue weighted by molar-refractivity contribution is -0.107. The molecule has 0 heterocycles. The Labute approximate surface area is 220 Å². The summed E-state index contributed by atoms with van der Waals surface area (Å²) < 4.78 is 59.6. The summed E-state index contributed by atoms with van der Waals surface area (Å²) in [6, 6.07) is 26.8. The molecule has 3 aromatic rings. The molecule has 0 saturated heterocycles. The maximum Gasteiger partial charge on any atom is 0.405 e. The fraction of sp³-hybridized carbons (Fsp3) is 0.308. The van der Waals surface area contributed by atoms with Crippen molar-refractivity contribution >= 4 is 38.1 Å². The Morgan fingerprint density at radius 1 is 0.622 bits per heavy atom. The van der Waals surface area contributed by atoms with Crippen molar-refractivity contribution in [2.45, 2.75) is 20.9 Å². The Kier molecular flexibility index (Phi) is 10.3. The standard InChI is InChI=1S/C24H30N3S.C2H3F3O3S/c1-25(2)19-7-13-22(14-8-19)28(23-15-9-20(10-16-23)26(3)4)24-17-11-21(12-18-24)27(5)6;3-2(4,5)1-9(6,7)8/h7-18H,1-6H3;1H2,(H,6,7,8)/q+1;. The zero-order chi connectivity index (χ0) is 28.0. The summed E-state index contributed by atoms with van der Waals surface area (Å²) in [7, 11) is 7.43. The van der Waals surface area contributed by atoms with Crippen LogP contribution in [-0.2, 0) is 21.0 Å². The van der Waals surface area contributed by atoms with Crippen LogP contribution in [0.2, 0.25) is 0 Å². The number of hydrogen-bond donors (Lipinski definition) is 1. The molecular formula is C26H33F3N3O3S2+. The lowest BCUT2D eigenvalue weighted by Gasteiger charge is -2.16. The van der Waals surface area contributed by atoms with E-state index in [4.69, 9.17) is 4.55 Å². The second-order valence-electron chi connectivity index (χ2n) is 8.81.